The molecule has 1 aromatic heterocycles. The smallest absolute Gasteiger partial charge is 0.258 e. The molecule has 0 aliphatic carbocycles. The third-order valence-corrected chi connectivity index (χ3v) is 2.33. The Morgan fingerprint density at radius 1 is 1.25 bits per heavy atom. The number of nitro benzene ring substituents is 1. The molecule has 1 heterocycles. The highest BCUT2D eigenvalue weighted by Gasteiger charge is 2.16. The van der Waals surface area contributed by atoms with Crippen molar-refractivity contribution in [1.29, 1.82) is 0 Å². The Bertz CT molecular complexity index is 529. The van der Waals surface area contributed by atoms with Crippen molar-refractivity contribution in [2.75, 3.05) is 0 Å². The molecule has 5 heteroatoms. The normalized spacial score (nSPS) is 10.1. The van der Waals surface area contributed by atoms with E-state index in [0.717, 1.165) is 0 Å². The Labute approximate surface area is 96.7 Å². The van der Waals surface area contributed by atoms with E-state index < -0.39 is 4.92 Å². The van der Waals surface area contributed by atoms with E-state index in [-0.39, 0.29) is 5.69 Å². The van der Waals surface area contributed by atoms with Gasteiger partial charge in [0.05, 0.1) is 16.2 Å². The summed E-state index contributed by atoms with van der Waals surface area (Å²) in [6.07, 6.45) is 1.59. The highest BCUT2D eigenvalue weighted by molar-refractivity contribution is 6.30. The summed E-state index contributed by atoms with van der Waals surface area (Å²) in [6.45, 7) is 0. The molecule has 0 fully saturated rings. The van der Waals surface area contributed by atoms with Crippen LogP contribution < -0.4 is 0 Å². The van der Waals surface area contributed by atoms with E-state index in [9.17, 15) is 10.1 Å². The van der Waals surface area contributed by atoms with Crippen molar-refractivity contribution in [3.63, 3.8) is 0 Å². The van der Waals surface area contributed by atoms with Gasteiger partial charge in [0.15, 0.2) is 0 Å². The first-order valence-corrected chi connectivity index (χ1v) is 4.91. The summed E-state index contributed by atoms with van der Waals surface area (Å²) < 4.78 is 0. The number of hydrogen-bond acceptors (Lipinski definition) is 3. The second kappa shape index (κ2) is 4.28. The van der Waals surface area contributed by atoms with Gasteiger partial charge in [-0.15, -0.1) is 0 Å². The van der Waals surface area contributed by atoms with Crippen LogP contribution >= 0.6 is 11.6 Å². The van der Waals surface area contributed by atoms with Gasteiger partial charge in [-0.1, -0.05) is 17.7 Å². The molecule has 80 valence electrons. The average Bonchev–Trinajstić information content (AvgIpc) is 2.30. The first-order chi connectivity index (χ1) is 7.68. The lowest BCUT2D eigenvalue weighted by atomic mass is 10.1. The molecule has 1 aromatic carbocycles. The predicted molar refractivity (Wildman–Crippen MR) is 61.3 cm³/mol. The highest BCUT2D eigenvalue weighted by Crippen LogP contribution is 2.30. The summed E-state index contributed by atoms with van der Waals surface area (Å²) in [5.74, 6) is 0. The Balaban J connectivity index is 2.61. The van der Waals surface area contributed by atoms with Crippen LogP contribution in [-0.4, -0.2) is 9.91 Å². The van der Waals surface area contributed by atoms with E-state index in [0.29, 0.717) is 16.3 Å². The molecule has 0 aliphatic rings. The van der Waals surface area contributed by atoms with Crippen molar-refractivity contribution in [2.45, 2.75) is 0 Å². The Kier molecular flexibility index (Phi) is 2.83. The summed E-state index contributed by atoms with van der Waals surface area (Å²) in [7, 11) is 0. The fourth-order valence-electron chi connectivity index (χ4n) is 1.39. The minimum absolute atomic E-state index is 0.0359. The molecule has 0 saturated carbocycles. The van der Waals surface area contributed by atoms with Gasteiger partial charge >= 0.3 is 0 Å². The van der Waals surface area contributed by atoms with Gasteiger partial charge in [0.1, 0.15) is 0 Å². The fourth-order valence-corrected chi connectivity index (χ4v) is 1.56. The third kappa shape index (κ3) is 2.01. The maximum Gasteiger partial charge on any atom is 0.280 e. The first-order valence-electron chi connectivity index (χ1n) is 4.54. The van der Waals surface area contributed by atoms with Crippen molar-refractivity contribution in [3.05, 3.63) is 57.7 Å². The second-order valence-corrected chi connectivity index (χ2v) is 3.57. The van der Waals surface area contributed by atoms with Crippen molar-refractivity contribution in [3.8, 4) is 11.3 Å². The summed E-state index contributed by atoms with van der Waals surface area (Å²) in [5.41, 5.74) is 0.993. The molecule has 4 nitrogen and oxygen atoms in total. The van der Waals surface area contributed by atoms with Gasteiger partial charge in [-0.3, -0.25) is 15.1 Å². The van der Waals surface area contributed by atoms with Gasteiger partial charge in [0.2, 0.25) is 0 Å². The van der Waals surface area contributed by atoms with Crippen LogP contribution in [0.15, 0.2) is 42.6 Å². The molecule has 0 saturated heterocycles. The molecule has 0 radical (unpaired) electrons. The number of benzene rings is 1. The molecule has 0 amide bonds. The van der Waals surface area contributed by atoms with Crippen molar-refractivity contribution >= 4 is 17.3 Å². The molecular weight excluding hydrogens is 228 g/mol. The molecule has 2 rings (SSSR count). The zero-order valence-electron chi connectivity index (χ0n) is 8.13. The maximum absolute atomic E-state index is 10.9. The molecule has 0 aliphatic heterocycles. The van der Waals surface area contributed by atoms with Gasteiger partial charge in [-0.25, -0.2) is 0 Å². The van der Waals surface area contributed by atoms with E-state index in [2.05, 4.69) is 4.98 Å². The summed E-state index contributed by atoms with van der Waals surface area (Å²) in [4.78, 5) is 14.5. The number of hydrogen-bond donors (Lipinski definition) is 0. The van der Waals surface area contributed by atoms with Crippen molar-refractivity contribution in [2.24, 2.45) is 0 Å². The van der Waals surface area contributed by atoms with Crippen LogP contribution in [0.5, 0.6) is 0 Å². The number of rotatable bonds is 2. The number of halogens is 1. The summed E-state index contributed by atoms with van der Waals surface area (Å²) in [5, 5.41) is 11.2. The highest BCUT2D eigenvalue weighted by atomic mass is 35.5. The van der Waals surface area contributed by atoms with Crippen LogP contribution in [-0.2, 0) is 0 Å². The SMILES string of the molecule is O=[N+]([O-])c1cc(Cl)ccc1-c1ccccn1. The minimum Gasteiger partial charge on any atom is -0.258 e. The van der Waals surface area contributed by atoms with E-state index >= 15 is 0 Å². The van der Waals surface area contributed by atoms with Gasteiger partial charge in [0.25, 0.3) is 5.69 Å². The monoisotopic (exact) mass is 234 g/mol. The molecule has 0 unspecified atom stereocenters. The maximum atomic E-state index is 10.9. The van der Waals surface area contributed by atoms with Crippen LogP contribution in [0.4, 0.5) is 5.69 Å². The molecule has 0 atom stereocenters. The molecule has 0 spiro atoms. The second-order valence-electron chi connectivity index (χ2n) is 3.13. The molecule has 16 heavy (non-hydrogen) atoms. The minimum atomic E-state index is -0.462. The average molecular weight is 235 g/mol. The van der Waals surface area contributed by atoms with Crippen LogP contribution in [0.2, 0.25) is 5.02 Å². The lowest BCUT2D eigenvalue weighted by Crippen LogP contribution is -1.93. The standard InChI is InChI=1S/C11H7ClN2O2/c12-8-4-5-9(11(7-8)14(15)16)10-3-1-2-6-13-10/h1-7H. The third-order valence-electron chi connectivity index (χ3n) is 2.10. The van der Waals surface area contributed by atoms with Crippen LogP contribution in [0.3, 0.4) is 0 Å². The number of pyridine rings is 1. The van der Waals surface area contributed by atoms with E-state index in [4.69, 9.17) is 11.6 Å². The molecule has 0 bridgehead atoms. The van der Waals surface area contributed by atoms with E-state index in [1.165, 1.54) is 6.07 Å². The summed E-state index contributed by atoms with van der Waals surface area (Å²) >= 11 is 5.72. The van der Waals surface area contributed by atoms with Crippen LogP contribution in [0.1, 0.15) is 0 Å². The van der Waals surface area contributed by atoms with E-state index in [1.54, 1.807) is 36.5 Å². The lowest BCUT2D eigenvalue weighted by Gasteiger charge is -2.02. The molecule has 2 aromatic rings. The number of nitrogens with zero attached hydrogens (tertiary/aromatic N) is 2. The van der Waals surface area contributed by atoms with Gasteiger partial charge in [-0.05, 0) is 24.3 Å². The molecule has 0 N–H and O–H groups in total. The van der Waals surface area contributed by atoms with Crippen molar-refractivity contribution in [1.82, 2.24) is 4.98 Å². The quantitative estimate of drug-likeness (QED) is 0.592. The Morgan fingerprint density at radius 2 is 2.06 bits per heavy atom. The Hall–Kier alpha value is -1.94. The van der Waals surface area contributed by atoms with Gasteiger partial charge in [0, 0.05) is 17.3 Å². The topological polar surface area (TPSA) is 56.0 Å². The first kappa shape index (κ1) is 10.6. The zero-order chi connectivity index (χ0) is 11.5. The van der Waals surface area contributed by atoms with Crippen LogP contribution in [0, 0.1) is 10.1 Å². The molecular formula is C11H7ClN2O2. The van der Waals surface area contributed by atoms with Crippen LogP contribution in [0.25, 0.3) is 11.3 Å². The predicted octanol–water partition coefficient (Wildman–Crippen LogP) is 3.31. The summed E-state index contributed by atoms with van der Waals surface area (Å²) in [6, 6.07) is 9.79. The van der Waals surface area contributed by atoms with Gasteiger partial charge < -0.3 is 0 Å². The zero-order valence-corrected chi connectivity index (χ0v) is 8.89. The van der Waals surface area contributed by atoms with Gasteiger partial charge in [-0.2, -0.15) is 0 Å². The Morgan fingerprint density at radius 3 is 2.69 bits per heavy atom. The van der Waals surface area contributed by atoms with Crippen molar-refractivity contribution < 1.29 is 4.92 Å². The van der Waals surface area contributed by atoms with E-state index in [1.807, 2.05) is 0 Å². The number of aromatic nitrogens is 1. The number of nitro groups is 1. The lowest BCUT2D eigenvalue weighted by molar-refractivity contribution is -0.384. The fraction of sp³-hybridized carbons (Fsp3) is 0. The largest absolute Gasteiger partial charge is 0.280 e.